The van der Waals surface area contributed by atoms with Crippen molar-refractivity contribution >= 4 is 11.7 Å². The third-order valence-corrected chi connectivity index (χ3v) is 3.82. The zero-order valence-corrected chi connectivity index (χ0v) is 13.5. The van der Waals surface area contributed by atoms with Crippen molar-refractivity contribution in [3.8, 4) is 11.5 Å². The fourth-order valence-electron chi connectivity index (χ4n) is 2.71. The van der Waals surface area contributed by atoms with Crippen molar-refractivity contribution in [3.05, 3.63) is 17.7 Å². The largest absolute Gasteiger partial charge is 0.496 e. The molecule has 22 heavy (non-hydrogen) atoms. The molecular formula is C16H24N2O4. The molecule has 0 bridgehead atoms. The summed E-state index contributed by atoms with van der Waals surface area (Å²) in [6.45, 7) is 5.05. The summed E-state index contributed by atoms with van der Waals surface area (Å²) in [6, 6.07) is 3.36. The maximum atomic E-state index is 12.2. The van der Waals surface area contributed by atoms with Gasteiger partial charge in [0.15, 0.2) is 0 Å². The average molecular weight is 308 g/mol. The van der Waals surface area contributed by atoms with Gasteiger partial charge in [-0.05, 0) is 12.3 Å². The van der Waals surface area contributed by atoms with Crippen molar-refractivity contribution in [1.29, 1.82) is 0 Å². The van der Waals surface area contributed by atoms with E-state index < -0.39 is 6.10 Å². The van der Waals surface area contributed by atoms with Gasteiger partial charge in [-0.2, -0.15) is 0 Å². The molecule has 0 spiro atoms. The van der Waals surface area contributed by atoms with Crippen LogP contribution < -0.4 is 14.8 Å². The van der Waals surface area contributed by atoms with Gasteiger partial charge in [-0.15, -0.1) is 0 Å². The monoisotopic (exact) mass is 308 g/mol. The Hall–Kier alpha value is -1.95. The molecule has 1 saturated heterocycles. The van der Waals surface area contributed by atoms with Gasteiger partial charge in [0.05, 0.1) is 20.3 Å². The van der Waals surface area contributed by atoms with Crippen molar-refractivity contribution in [2.45, 2.75) is 32.3 Å². The van der Waals surface area contributed by atoms with E-state index in [9.17, 15) is 9.90 Å². The highest BCUT2D eigenvalue weighted by atomic mass is 16.5. The van der Waals surface area contributed by atoms with Gasteiger partial charge in [0.1, 0.15) is 11.5 Å². The standard InChI is InChI=1S/C16H24N2O4/c1-10(2)15-13(21-3)7-11(8-14(15)22-4)17-16(20)18-6-5-12(19)9-18/h7-8,10,12,19H,5-6,9H2,1-4H3,(H,17,20)/t12-/m0/s1. The Balaban J connectivity index is 2.22. The molecule has 1 atom stereocenters. The SMILES string of the molecule is COc1cc(NC(=O)N2CC[C@H](O)C2)cc(OC)c1C(C)C. The van der Waals surface area contributed by atoms with E-state index in [4.69, 9.17) is 9.47 Å². The van der Waals surface area contributed by atoms with Crippen LogP contribution in [0.3, 0.4) is 0 Å². The number of urea groups is 1. The van der Waals surface area contributed by atoms with E-state index in [1.807, 2.05) is 0 Å². The first-order valence-electron chi connectivity index (χ1n) is 7.46. The molecule has 1 aliphatic heterocycles. The molecule has 2 N–H and O–H groups in total. The number of aliphatic hydroxyl groups is 1. The molecule has 1 aliphatic rings. The Bertz CT molecular complexity index is 520. The lowest BCUT2D eigenvalue weighted by Crippen LogP contribution is -2.33. The number of hydrogen-bond donors (Lipinski definition) is 2. The number of amides is 2. The number of likely N-dealkylation sites (tertiary alicyclic amines) is 1. The summed E-state index contributed by atoms with van der Waals surface area (Å²) in [4.78, 5) is 13.8. The summed E-state index contributed by atoms with van der Waals surface area (Å²) in [7, 11) is 3.20. The molecule has 1 aromatic carbocycles. The van der Waals surface area contributed by atoms with E-state index in [1.165, 1.54) is 0 Å². The second kappa shape index (κ2) is 6.87. The molecule has 0 aliphatic carbocycles. The number of hydrogen-bond acceptors (Lipinski definition) is 4. The molecule has 1 heterocycles. The molecule has 0 aromatic heterocycles. The lowest BCUT2D eigenvalue weighted by Gasteiger charge is -2.20. The minimum absolute atomic E-state index is 0.224. The van der Waals surface area contributed by atoms with Crippen LogP contribution >= 0.6 is 0 Å². The van der Waals surface area contributed by atoms with Crippen LogP contribution in [0.5, 0.6) is 11.5 Å². The second-order valence-electron chi connectivity index (χ2n) is 5.77. The Morgan fingerprint density at radius 2 is 1.91 bits per heavy atom. The summed E-state index contributed by atoms with van der Waals surface area (Å²) in [6.07, 6.45) is 0.185. The third kappa shape index (κ3) is 3.44. The van der Waals surface area contributed by atoms with Crippen molar-refractivity contribution in [1.82, 2.24) is 4.90 Å². The zero-order valence-electron chi connectivity index (χ0n) is 13.5. The molecule has 6 nitrogen and oxygen atoms in total. The fraction of sp³-hybridized carbons (Fsp3) is 0.562. The Morgan fingerprint density at radius 3 is 2.32 bits per heavy atom. The molecule has 2 rings (SSSR count). The maximum absolute atomic E-state index is 12.2. The number of rotatable bonds is 4. The lowest BCUT2D eigenvalue weighted by atomic mass is 10.00. The van der Waals surface area contributed by atoms with Crippen molar-refractivity contribution in [2.24, 2.45) is 0 Å². The van der Waals surface area contributed by atoms with E-state index in [0.717, 1.165) is 5.56 Å². The predicted molar refractivity (Wildman–Crippen MR) is 84.9 cm³/mol. The Labute approximate surface area is 131 Å². The van der Waals surface area contributed by atoms with Gasteiger partial charge in [0.25, 0.3) is 0 Å². The summed E-state index contributed by atoms with van der Waals surface area (Å²) in [5.41, 5.74) is 1.59. The number of methoxy groups -OCH3 is 2. The van der Waals surface area contributed by atoms with E-state index in [1.54, 1.807) is 31.3 Å². The molecule has 122 valence electrons. The van der Waals surface area contributed by atoms with Crippen LogP contribution in [-0.2, 0) is 0 Å². The van der Waals surface area contributed by atoms with Crippen LogP contribution in [-0.4, -0.2) is 49.5 Å². The van der Waals surface area contributed by atoms with E-state index in [-0.39, 0.29) is 11.9 Å². The minimum Gasteiger partial charge on any atom is -0.496 e. The number of nitrogens with one attached hydrogen (secondary N) is 1. The smallest absolute Gasteiger partial charge is 0.321 e. The van der Waals surface area contributed by atoms with Crippen molar-refractivity contribution in [2.75, 3.05) is 32.6 Å². The normalized spacial score (nSPS) is 17.7. The number of carbonyl (C=O) groups excluding carboxylic acids is 1. The van der Waals surface area contributed by atoms with E-state index in [0.29, 0.717) is 36.7 Å². The summed E-state index contributed by atoms with van der Waals surface area (Å²) < 4.78 is 10.9. The lowest BCUT2D eigenvalue weighted by molar-refractivity contribution is 0.176. The van der Waals surface area contributed by atoms with Crippen molar-refractivity contribution < 1.29 is 19.4 Å². The van der Waals surface area contributed by atoms with Crippen LogP contribution in [0.1, 0.15) is 31.7 Å². The minimum atomic E-state index is -0.432. The highest BCUT2D eigenvalue weighted by Gasteiger charge is 2.25. The van der Waals surface area contributed by atoms with Crippen LogP contribution in [0.2, 0.25) is 0 Å². The van der Waals surface area contributed by atoms with Gasteiger partial charge >= 0.3 is 6.03 Å². The van der Waals surface area contributed by atoms with Crippen LogP contribution in [0.15, 0.2) is 12.1 Å². The van der Waals surface area contributed by atoms with Gasteiger partial charge in [-0.25, -0.2) is 4.79 Å². The zero-order chi connectivity index (χ0) is 16.3. The van der Waals surface area contributed by atoms with Crippen LogP contribution in [0.25, 0.3) is 0 Å². The maximum Gasteiger partial charge on any atom is 0.321 e. The molecule has 0 saturated carbocycles. The molecule has 6 heteroatoms. The average Bonchev–Trinajstić information content (AvgIpc) is 2.92. The van der Waals surface area contributed by atoms with Gasteiger partial charge in [0, 0.05) is 36.5 Å². The first kappa shape index (κ1) is 16.4. The quantitative estimate of drug-likeness (QED) is 0.896. The molecule has 0 unspecified atom stereocenters. The van der Waals surface area contributed by atoms with Gasteiger partial charge in [-0.1, -0.05) is 13.8 Å². The summed E-state index contributed by atoms with van der Waals surface area (Å²) in [5.74, 6) is 1.61. The topological polar surface area (TPSA) is 71.0 Å². The number of nitrogens with zero attached hydrogens (tertiary/aromatic N) is 1. The van der Waals surface area contributed by atoms with Crippen LogP contribution in [0, 0.1) is 0 Å². The highest BCUT2D eigenvalue weighted by Crippen LogP contribution is 2.38. The number of β-amino-alcohol motifs (C(OH)–C–C–N with tert-alkyl or cyclic N) is 1. The number of carbonyl (C=O) groups is 1. The molecule has 2 amide bonds. The first-order chi connectivity index (χ1) is 10.5. The van der Waals surface area contributed by atoms with Crippen molar-refractivity contribution in [3.63, 3.8) is 0 Å². The number of benzene rings is 1. The highest BCUT2D eigenvalue weighted by molar-refractivity contribution is 5.90. The predicted octanol–water partition coefficient (Wildman–Crippen LogP) is 2.43. The summed E-state index contributed by atoms with van der Waals surface area (Å²) in [5, 5.41) is 12.4. The Kier molecular flexibility index (Phi) is 5.13. The summed E-state index contributed by atoms with van der Waals surface area (Å²) >= 11 is 0. The third-order valence-electron chi connectivity index (χ3n) is 3.82. The molecule has 1 aromatic rings. The fourth-order valence-corrected chi connectivity index (χ4v) is 2.71. The number of anilines is 1. The number of aliphatic hydroxyl groups excluding tert-OH is 1. The van der Waals surface area contributed by atoms with Crippen LogP contribution in [0.4, 0.5) is 10.5 Å². The van der Waals surface area contributed by atoms with Gasteiger partial charge in [0.2, 0.25) is 0 Å². The number of ether oxygens (including phenoxy) is 2. The first-order valence-corrected chi connectivity index (χ1v) is 7.46. The van der Waals surface area contributed by atoms with E-state index >= 15 is 0 Å². The van der Waals surface area contributed by atoms with Gasteiger partial charge < -0.3 is 24.8 Å². The second-order valence-corrected chi connectivity index (χ2v) is 5.77. The Morgan fingerprint density at radius 1 is 1.32 bits per heavy atom. The molecular weight excluding hydrogens is 284 g/mol. The molecule has 0 radical (unpaired) electrons. The van der Waals surface area contributed by atoms with E-state index in [2.05, 4.69) is 19.2 Å². The van der Waals surface area contributed by atoms with Gasteiger partial charge in [-0.3, -0.25) is 0 Å². The molecule has 1 fully saturated rings.